The topological polar surface area (TPSA) is 42.2 Å². The van der Waals surface area contributed by atoms with Crippen molar-refractivity contribution < 1.29 is 4.42 Å². The molecule has 16 heavy (non-hydrogen) atoms. The number of alkyl halides is 1. The lowest BCUT2D eigenvalue weighted by Crippen LogP contribution is -2.20. The molecule has 5 heteroatoms. The predicted molar refractivity (Wildman–Crippen MR) is 61.6 cm³/mol. The molecule has 88 valence electrons. The number of hydrogen-bond acceptors (Lipinski definition) is 4. The molecule has 0 amide bonds. The fourth-order valence-corrected chi connectivity index (χ4v) is 2.99. The molecule has 1 aliphatic carbocycles. The fraction of sp³-hybridized carbons (Fsp3) is 0.818. The van der Waals surface area contributed by atoms with Crippen LogP contribution < -0.4 is 4.90 Å². The zero-order chi connectivity index (χ0) is 11.1. The van der Waals surface area contributed by atoms with Gasteiger partial charge in [-0.1, -0.05) is 11.5 Å². The molecule has 1 aromatic rings. The highest BCUT2D eigenvalue weighted by Crippen LogP contribution is 2.39. The summed E-state index contributed by atoms with van der Waals surface area (Å²) in [6.45, 7) is 3.99. The molecule has 0 radical (unpaired) electrons. The second kappa shape index (κ2) is 3.91. The van der Waals surface area contributed by atoms with Crippen molar-refractivity contribution >= 4 is 17.6 Å². The van der Waals surface area contributed by atoms with Crippen molar-refractivity contribution in [3.63, 3.8) is 0 Å². The van der Waals surface area contributed by atoms with Crippen molar-refractivity contribution in [3.8, 4) is 0 Å². The molecule has 2 fully saturated rings. The van der Waals surface area contributed by atoms with Crippen LogP contribution in [0.1, 0.15) is 37.5 Å². The van der Waals surface area contributed by atoms with Crippen LogP contribution >= 0.6 is 11.6 Å². The van der Waals surface area contributed by atoms with Crippen molar-refractivity contribution in [2.75, 3.05) is 18.0 Å². The lowest BCUT2D eigenvalue weighted by molar-refractivity contribution is 0.486. The summed E-state index contributed by atoms with van der Waals surface area (Å²) < 4.78 is 5.57. The first-order chi connectivity index (χ1) is 7.74. The minimum Gasteiger partial charge on any atom is -0.406 e. The van der Waals surface area contributed by atoms with Gasteiger partial charge in [-0.2, -0.15) is 0 Å². The minimum absolute atomic E-state index is 0.205. The van der Waals surface area contributed by atoms with E-state index in [4.69, 9.17) is 16.0 Å². The van der Waals surface area contributed by atoms with Crippen molar-refractivity contribution in [3.05, 3.63) is 5.89 Å². The number of halogens is 1. The van der Waals surface area contributed by atoms with E-state index in [0.717, 1.165) is 24.9 Å². The van der Waals surface area contributed by atoms with Crippen molar-refractivity contribution in [2.24, 2.45) is 11.8 Å². The van der Waals surface area contributed by atoms with Gasteiger partial charge in [0.1, 0.15) is 5.38 Å². The van der Waals surface area contributed by atoms with Gasteiger partial charge in [0.15, 0.2) is 0 Å². The number of fused-ring (bicyclic) bond motifs is 1. The SMILES string of the molecule is CC(Cl)c1nnc(N2CC3CCCC3C2)o1. The van der Waals surface area contributed by atoms with Crippen LogP contribution in [0, 0.1) is 11.8 Å². The zero-order valence-electron chi connectivity index (χ0n) is 9.40. The molecule has 1 saturated heterocycles. The zero-order valence-corrected chi connectivity index (χ0v) is 10.2. The molecular formula is C11H16ClN3O. The molecule has 2 aliphatic rings. The highest BCUT2D eigenvalue weighted by atomic mass is 35.5. The molecular weight excluding hydrogens is 226 g/mol. The number of aromatic nitrogens is 2. The van der Waals surface area contributed by atoms with Crippen LogP contribution in [0.3, 0.4) is 0 Å². The van der Waals surface area contributed by atoms with Crippen LogP contribution in [0.5, 0.6) is 0 Å². The minimum atomic E-state index is -0.205. The Morgan fingerprint density at radius 1 is 1.31 bits per heavy atom. The Hall–Kier alpha value is -0.770. The van der Waals surface area contributed by atoms with Crippen LogP contribution in [0.15, 0.2) is 4.42 Å². The Bertz CT molecular complexity index is 367. The van der Waals surface area contributed by atoms with E-state index in [2.05, 4.69) is 15.1 Å². The van der Waals surface area contributed by atoms with Gasteiger partial charge >= 0.3 is 6.01 Å². The molecule has 1 aromatic heterocycles. The van der Waals surface area contributed by atoms with Crippen LogP contribution in [0.25, 0.3) is 0 Å². The summed E-state index contributed by atoms with van der Waals surface area (Å²) >= 11 is 5.90. The fourth-order valence-electron chi connectivity index (χ4n) is 2.91. The molecule has 2 heterocycles. The molecule has 0 aromatic carbocycles. The van der Waals surface area contributed by atoms with Crippen molar-refractivity contribution in [2.45, 2.75) is 31.6 Å². The third-order valence-electron chi connectivity index (χ3n) is 3.77. The summed E-state index contributed by atoms with van der Waals surface area (Å²) in [5.74, 6) is 2.20. The second-order valence-electron chi connectivity index (χ2n) is 4.89. The lowest BCUT2D eigenvalue weighted by Gasteiger charge is -2.13. The highest BCUT2D eigenvalue weighted by Gasteiger charge is 2.37. The predicted octanol–water partition coefficient (Wildman–Crippen LogP) is 2.61. The molecule has 0 bridgehead atoms. The number of anilines is 1. The van der Waals surface area contributed by atoms with Gasteiger partial charge in [-0.3, -0.25) is 0 Å². The third-order valence-corrected chi connectivity index (χ3v) is 3.95. The Kier molecular flexibility index (Phi) is 2.54. The molecule has 0 N–H and O–H groups in total. The molecule has 0 spiro atoms. The number of rotatable bonds is 2. The summed E-state index contributed by atoms with van der Waals surface area (Å²) in [6.07, 6.45) is 4.10. The van der Waals surface area contributed by atoms with Gasteiger partial charge in [0.2, 0.25) is 5.89 Å². The Morgan fingerprint density at radius 2 is 2.00 bits per heavy atom. The maximum atomic E-state index is 5.90. The smallest absolute Gasteiger partial charge is 0.318 e. The average molecular weight is 242 g/mol. The molecule has 4 nitrogen and oxygen atoms in total. The van der Waals surface area contributed by atoms with Crippen LogP contribution in [0.4, 0.5) is 6.01 Å². The van der Waals surface area contributed by atoms with Gasteiger partial charge in [-0.15, -0.1) is 16.7 Å². The first kappa shape index (κ1) is 10.4. The van der Waals surface area contributed by atoms with Crippen LogP contribution in [-0.4, -0.2) is 23.3 Å². The molecule has 3 atom stereocenters. The van der Waals surface area contributed by atoms with E-state index in [0.29, 0.717) is 11.9 Å². The van der Waals surface area contributed by atoms with Gasteiger partial charge in [-0.25, -0.2) is 0 Å². The molecule has 3 unspecified atom stereocenters. The molecule has 1 aliphatic heterocycles. The van der Waals surface area contributed by atoms with Gasteiger partial charge < -0.3 is 9.32 Å². The quantitative estimate of drug-likeness (QED) is 0.747. The third kappa shape index (κ3) is 1.69. The summed E-state index contributed by atoms with van der Waals surface area (Å²) in [7, 11) is 0. The first-order valence-electron chi connectivity index (χ1n) is 5.96. The second-order valence-corrected chi connectivity index (χ2v) is 5.55. The first-order valence-corrected chi connectivity index (χ1v) is 6.40. The van der Waals surface area contributed by atoms with E-state index in [9.17, 15) is 0 Å². The monoisotopic (exact) mass is 241 g/mol. The van der Waals surface area contributed by atoms with E-state index in [1.807, 2.05) is 6.92 Å². The van der Waals surface area contributed by atoms with Crippen LogP contribution in [-0.2, 0) is 0 Å². The van der Waals surface area contributed by atoms with E-state index < -0.39 is 0 Å². The van der Waals surface area contributed by atoms with Crippen molar-refractivity contribution in [1.29, 1.82) is 0 Å². The lowest BCUT2D eigenvalue weighted by atomic mass is 10.0. The maximum Gasteiger partial charge on any atom is 0.318 e. The van der Waals surface area contributed by atoms with Gasteiger partial charge in [0.25, 0.3) is 0 Å². The summed E-state index contributed by atoms with van der Waals surface area (Å²) in [4.78, 5) is 2.21. The summed E-state index contributed by atoms with van der Waals surface area (Å²) in [6, 6.07) is 0.650. The van der Waals surface area contributed by atoms with Crippen LogP contribution in [0.2, 0.25) is 0 Å². The van der Waals surface area contributed by atoms with Crippen molar-refractivity contribution in [1.82, 2.24) is 10.2 Å². The molecule has 1 saturated carbocycles. The summed E-state index contributed by atoms with van der Waals surface area (Å²) in [5.41, 5.74) is 0. The van der Waals surface area contributed by atoms with E-state index in [-0.39, 0.29) is 5.38 Å². The standard InChI is InChI=1S/C11H16ClN3O/c1-7(12)10-13-14-11(16-10)15-5-8-3-2-4-9(8)6-15/h7-9H,2-6H2,1H3. The maximum absolute atomic E-state index is 5.90. The number of nitrogens with zero attached hydrogens (tertiary/aromatic N) is 3. The van der Waals surface area contributed by atoms with Gasteiger partial charge in [0, 0.05) is 13.1 Å². The normalized spacial score (nSPS) is 30.8. The largest absolute Gasteiger partial charge is 0.406 e. The van der Waals surface area contributed by atoms with E-state index in [1.165, 1.54) is 19.3 Å². The average Bonchev–Trinajstić information content (AvgIpc) is 2.91. The molecule has 3 rings (SSSR count). The van der Waals surface area contributed by atoms with Gasteiger partial charge in [0.05, 0.1) is 0 Å². The Morgan fingerprint density at radius 3 is 2.56 bits per heavy atom. The van der Waals surface area contributed by atoms with Gasteiger partial charge in [-0.05, 0) is 31.6 Å². The van der Waals surface area contributed by atoms with E-state index in [1.54, 1.807) is 0 Å². The Labute approximate surface area is 100.0 Å². The highest BCUT2D eigenvalue weighted by molar-refractivity contribution is 6.20. The number of hydrogen-bond donors (Lipinski definition) is 0. The summed E-state index contributed by atoms with van der Waals surface area (Å²) in [5, 5.41) is 7.83. The Balaban J connectivity index is 1.73. The van der Waals surface area contributed by atoms with E-state index >= 15 is 0 Å².